The van der Waals surface area contributed by atoms with Crippen molar-refractivity contribution < 1.29 is 9.90 Å². The van der Waals surface area contributed by atoms with E-state index in [4.69, 9.17) is 5.11 Å². The third-order valence-corrected chi connectivity index (χ3v) is 2.97. The average Bonchev–Trinajstić information content (AvgIpc) is 2.15. The molecule has 1 unspecified atom stereocenters. The van der Waals surface area contributed by atoms with Crippen LogP contribution in [0.4, 0.5) is 0 Å². The van der Waals surface area contributed by atoms with E-state index in [9.17, 15) is 4.79 Å². The molecule has 0 amide bonds. The number of carboxylic acid groups (broad SMARTS) is 1. The fraction of sp³-hybridized carbons (Fsp3) is 0.923. The molecule has 0 bridgehead atoms. The summed E-state index contributed by atoms with van der Waals surface area (Å²) in [6.07, 6.45) is 4.45. The number of hydrogen-bond acceptors (Lipinski definition) is 2. The highest BCUT2D eigenvalue weighted by Gasteiger charge is 2.29. The van der Waals surface area contributed by atoms with E-state index in [0.29, 0.717) is 6.04 Å². The maximum atomic E-state index is 10.9. The summed E-state index contributed by atoms with van der Waals surface area (Å²) in [7, 11) is 0. The molecule has 0 fully saturated rings. The molecule has 3 nitrogen and oxygen atoms in total. The Hall–Kier alpha value is -0.570. The molecule has 1 atom stereocenters. The Morgan fingerprint density at radius 2 is 1.88 bits per heavy atom. The van der Waals surface area contributed by atoms with Gasteiger partial charge in [0.1, 0.15) is 0 Å². The van der Waals surface area contributed by atoms with Crippen LogP contribution in [0.15, 0.2) is 0 Å². The average molecular weight is 229 g/mol. The summed E-state index contributed by atoms with van der Waals surface area (Å²) in [5.41, 5.74) is -0.0766. The number of unbranched alkanes of at least 4 members (excludes halogenated alkanes) is 1. The van der Waals surface area contributed by atoms with E-state index in [1.54, 1.807) is 0 Å². The van der Waals surface area contributed by atoms with Gasteiger partial charge in [0.25, 0.3) is 0 Å². The highest BCUT2D eigenvalue weighted by atomic mass is 16.4. The lowest BCUT2D eigenvalue weighted by atomic mass is 9.98. The third-order valence-electron chi connectivity index (χ3n) is 2.97. The highest BCUT2D eigenvalue weighted by molar-refractivity contribution is 5.69. The van der Waals surface area contributed by atoms with Crippen molar-refractivity contribution in [2.24, 2.45) is 0 Å². The standard InChI is InChI=1S/C13H27NO2/c1-6-8-9-11(7-2)14(10-12(15)16)13(3,4)5/h11H,6-10H2,1-5H3,(H,15,16). The van der Waals surface area contributed by atoms with Gasteiger partial charge in [-0.1, -0.05) is 26.7 Å². The minimum Gasteiger partial charge on any atom is -0.480 e. The molecule has 0 saturated carbocycles. The number of carboxylic acids is 1. The molecule has 3 heteroatoms. The van der Waals surface area contributed by atoms with Gasteiger partial charge in [-0.2, -0.15) is 0 Å². The van der Waals surface area contributed by atoms with Crippen LogP contribution < -0.4 is 0 Å². The van der Waals surface area contributed by atoms with Crippen molar-refractivity contribution in [2.45, 2.75) is 71.9 Å². The summed E-state index contributed by atoms with van der Waals surface area (Å²) < 4.78 is 0. The van der Waals surface area contributed by atoms with Crippen LogP contribution in [0.3, 0.4) is 0 Å². The maximum Gasteiger partial charge on any atom is 0.317 e. The number of nitrogens with zero attached hydrogens (tertiary/aromatic N) is 1. The van der Waals surface area contributed by atoms with E-state index >= 15 is 0 Å². The van der Waals surface area contributed by atoms with Gasteiger partial charge < -0.3 is 5.11 Å². The van der Waals surface area contributed by atoms with E-state index in [-0.39, 0.29) is 12.1 Å². The fourth-order valence-corrected chi connectivity index (χ4v) is 2.08. The molecule has 96 valence electrons. The predicted octanol–water partition coefficient (Wildman–Crippen LogP) is 3.14. The summed E-state index contributed by atoms with van der Waals surface area (Å²) in [4.78, 5) is 13.0. The van der Waals surface area contributed by atoms with Gasteiger partial charge in [-0.25, -0.2) is 0 Å². The first-order valence-electron chi connectivity index (χ1n) is 6.31. The van der Waals surface area contributed by atoms with E-state index in [2.05, 4.69) is 39.5 Å². The zero-order valence-corrected chi connectivity index (χ0v) is 11.4. The third kappa shape index (κ3) is 5.50. The first-order valence-corrected chi connectivity index (χ1v) is 6.31. The molecule has 1 N–H and O–H groups in total. The fourth-order valence-electron chi connectivity index (χ4n) is 2.08. The van der Waals surface area contributed by atoms with Crippen LogP contribution in [-0.2, 0) is 4.79 Å². The largest absolute Gasteiger partial charge is 0.480 e. The van der Waals surface area contributed by atoms with Crippen LogP contribution in [0.1, 0.15) is 60.3 Å². The number of rotatable bonds is 7. The van der Waals surface area contributed by atoms with Crippen LogP contribution >= 0.6 is 0 Å². The van der Waals surface area contributed by atoms with Crippen LogP contribution in [0.2, 0.25) is 0 Å². The number of carbonyl (C=O) groups is 1. The second kappa shape index (κ2) is 6.89. The molecule has 16 heavy (non-hydrogen) atoms. The van der Waals surface area contributed by atoms with Crippen molar-refractivity contribution in [3.63, 3.8) is 0 Å². The van der Waals surface area contributed by atoms with Crippen molar-refractivity contribution in [3.8, 4) is 0 Å². The molecule has 0 saturated heterocycles. The molecule has 0 rings (SSSR count). The van der Waals surface area contributed by atoms with E-state index in [1.165, 1.54) is 12.8 Å². The topological polar surface area (TPSA) is 40.5 Å². The Labute approximate surface area is 99.8 Å². The van der Waals surface area contributed by atoms with Crippen molar-refractivity contribution in [2.75, 3.05) is 6.54 Å². The van der Waals surface area contributed by atoms with E-state index in [1.807, 2.05) is 0 Å². The Bertz CT molecular complexity index is 208. The van der Waals surface area contributed by atoms with Gasteiger partial charge in [-0.05, 0) is 33.6 Å². The van der Waals surface area contributed by atoms with Crippen molar-refractivity contribution in [3.05, 3.63) is 0 Å². The van der Waals surface area contributed by atoms with E-state index < -0.39 is 5.97 Å². The van der Waals surface area contributed by atoms with E-state index in [0.717, 1.165) is 12.8 Å². The lowest BCUT2D eigenvalue weighted by Crippen LogP contribution is -2.50. The smallest absolute Gasteiger partial charge is 0.317 e. The van der Waals surface area contributed by atoms with Gasteiger partial charge in [0, 0.05) is 11.6 Å². The van der Waals surface area contributed by atoms with Gasteiger partial charge in [0.2, 0.25) is 0 Å². The Morgan fingerprint density at radius 3 is 2.19 bits per heavy atom. The summed E-state index contributed by atoms with van der Waals surface area (Å²) in [6, 6.07) is 0.385. The summed E-state index contributed by atoms with van der Waals surface area (Å²) in [5, 5.41) is 8.98. The quantitative estimate of drug-likeness (QED) is 0.729. The van der Waals surface area contributed by atoms with Crippen LogP contribution in [-0.4, -0.2) is 34.1 Å². The Balaban J connectivity index is 4.62. The van der Waals surface area contributed by atoms with Gasteiger partial charge in [0.05, 0.1) is 6.54 Å². The summed E-state index contributed by atoms with van der Waals surface area (Å²) >= 11 is 0. The van der Waals surface area contributed by atoms with Crippen molar-refractivity contribution >= 4 is 5.97 Å². The molecule has 0 aromatic heterocycles. The zero-order chi connectivity index (χ0) is 12.8. The molecule has 0 spiro atoms. The molecule has 0 radical (unpaired) electrons. The lowest BCUT2D eigenvalue weighted by Gasteiger charge is -2.40. The van der Waals surface area contributed by atoms with Crippen LogP contribution in [0.5, 0.6) is 0 Å². The van der Waals surface area contributed by atoms with Crippen LogP contribution in [0.25, 0.3) is 0 Å². The summed E-state index contributed by atoms with van der Waals surface area (Å²) in [6.45, 7) is 10.7. The number of aliphatic carboxylic acids is 1. The molecule has 0 aliphatic carbocycles. The molecule has 0 heterocycles. The first-order chi connectivity index (χ1) is 7.32. The number of hydrogen-bond donors (Lipinski definition) is 1. The highest BCUT2D eigenvalue weighted by Crippen LogP contribution is 2.22. The Morgan fingerprint density at radius 1 is 1.31 bits per heavy atom. The second-order valence-corrected chi connectivity index (χ2v) is 5.40. The molecule has 0 aliphatic rings. The summed E-state index contributed by atoms with van der Waals surface area (Å²) in [5.74, 6) is -0.732. The minimum absolute atomic E-state index is 0.0766. The molecule has 0 aromatic rings. The maximum absolute atomic E-state index is 10.9. The van der Waals surface area contributed by atoms with Crippen LogP contribution in [0, 0.1) is 0 Å². The van der Waals surface area contributed by atoms with Gasteiger partial charge in [0.15, 0.2) is 0 Å². The molecular weight excluding hydrogens is 202 g/mol. The zero-order valence-electron chi connectivity index (χ0n) is 11.4. The first kappa shape index (κ1) is 15.4. The molecule has 0 aromatic carbocycles. The molecule has 0 aliphatic heterocycles. The predicted molar refractivity (Wildman–Crippen MR) is 67.7 cm³/mol. The van der Waals surface area contributed by atoms with Crippen molar-refractivity contribution in [1.29, 1.82) is 0 Å². The van der Waals surface area contributed by atoms with Gasteiger partial charge in [-0.15, -0.1) is 0 Å². The van der Waals surface area contributed by atoms with Gasteiger partial charge >= 0.3 is 5.97 Å². The van der Waals surface area contributed by atoms with Crippen molar-refractivity contribution in [1.82, 2.24) is 4.90 Å². The SMILES string of the molecule is CCCCC(CC)N(CC(=O)O)C(C)(C)C. The molecular formula is C13H27NO2. The van der Waals surface area contributed by atoms with Gasteiger partial charge in [-0.3, -0.25) is 9.69 Å². The normalized spacial score (nSPS) is 14.1. The monoisotopic (exact) mass is 229 g/mol. The second-order valence-electron chi connectivity index (χ2n) is 5.40. The minimum atomic E-state index is -0.732. The Kier molecular flexibility index (Phi) is 6.65. The lowest BCUT2D eigenvalue weighted by molar-refractivity contribution is -0.140.